The summed E-state index contributed by atoms with van der Waals surface area (Å²) in [6.07, 6.45) is 2.61. The van der Waals surface area contributed by atoms with Crippen molar-refractivity contribution in [3.63, 3.8) is 0 Å². The molecule has 1 aromatic rings. The van der Waals surface area contributed by atoms with Gasteiger partial charge in [0.25, 0.3) is 0 Å². The molecule has 144 valence electrons. The number of rotatable bonds is 3. The van der Waals surface area contributed by atoms with Gasteiger partial charge in [-0.2, -0.15) is 0 Å². The van der Waals surface area contributed by atoms with Gasteiger partial charge in [-0.3, -0.25) is 14.5 Å². The molecule has 0 spiro atoms. The van der Waals surface area contributed by atoms with Crippen molar-refractivity contribution in [2.75, 3.05) is 50.8 Å². The molecule has 3 fully saturated rings. The first-order valence-corrected chi connectivity index (χ1v) is 9.92. The second-order valence-corrected chi connectivity index (χ2v) is 7.85. The zero-order valence-corrected chi connectivity index (χ0v) is 15.4. The standard InChI is InChI=1S/C20H25N3O4/c24-19-10-14(20(25)22-7-4-16(13-22)21-5-1-6-21)12-23(19)15-2-3-17-18(11-15)27-9-8-26-17/h2-3,11,14,16H,1,4-10,12-13H2. The minimum absolute atomic E-state index is 0.00326. The molecule has 0 bridgehead atoms. The maximum Gasteiger partial charge on any atom is 0.228 e. The minimum Gasteiger partial charge on any atom is -0.486 e. The lowest BCUT2D eigenvalue weighted by molar-refractivity contribution is -0.135. The van der Waals surface area contributed by atoms with Gasteiger partial charge in [0.1, 0.15) is 13.2 Å². The molecule has 7 nitrogen and oxygen atoms in total. The van der Waals surface area contributed by atoms with Crippen molar-refractivity contribution in [2.45, 2.75) is 25.3 Å². The number of ether oxygens (including phenoxy) is 2. The SMILES string of the molecule is O=C(C1CC(=O)N(c2ccc3c(c2)OCCO3)C1)N1CCC(N2CCC2)C1. The van der Waals surface area contributed by atoms with Crippen LogP contribution in [0, 0.1) is 5.92 Å². The highest BCUT2D eigenvalue weighted by molar-refractivity contribution is 6.00. The second kappa shape index (κ2) is 6.71. The van der Waals surface area contributed by atoms with E-state index >= 15 is 0 Å². The molecule has 1 aromatic carbocycles. The molecule has 5 rings (SSSR count). The Morgan fingerprint density at radius 1 is 1.04 bits per heavy atom. The second-order valence-electron chi connectivity index (χ2n) is 7.85. The molecule has 3 saturated heterocycles. The molecular formula is C20H25N3O4. The lowest BCUT2D eigenvalue weighted by Gasteiger charge is -2.36. The van der Waals surface area contributed by atoms with Crippen LogP contribution in [-0.2, 0) is 9.59 Å². The number of likely N-dealkylation sites (tertiary alicyclic amines) is 2. The predicted molar refractivity (Wildman–Crippen MR) is 99.1 cm³/mol. The van der Waals surface area contributed by atoms with Crippen molar-refractivity contribution >= 4 is 17.5 Å². The summed E-state index contributed by atoms with van der Waals surface area (Å²) in [6, 6.07) is 6.06. The summed E-state index contributed by atoms with van der Waals surface area (Å²) in [5.41, 5.74) is 0.777. The first-order valence-electron chi connectivity index (χ1n) is 9.92. The Bertz CT molecular complexity index is 764. The van der Waals surface area contributed by atoms with Crippen LogP contribution in [0.15, 0.2) is 18.2 Å². The van der Waals surface area contributed by atoms with Crippen molar-refractivity contribution in [1.82, 2.24) is 9.80 Å². The van der Waals surface area contributed by atoms with E-state index < -0.39 is 0 Å². The van der Waals surface area contributed by atoms with Gasteiger partial charge in [-0.15, -0.1) is 0 Å². The van der Waals surface area contributed by atoms with Crippen molar-refractivity contribution in [1.29, 1.82) is 0 Å². The van der Waals surface area contributed by atoms with Crippen LogP contribution in [-0.4, -0.2) is 73.6 Å². The van der Waals surface area contributed by atoms with Gasteiger partial charge >= 0.3 is 0 Å². The fraction of sp³-hybridized carbons (Fsp3) is 0.600. The van der Waals surface area contributed by atoms with E-state index in [4.69, 9.17) is 9.47 Å². The van der Waals surface area contributed by atoms with Gasteiger partial charge in [-0.05, 0) is 38.1 Å². The fourth-order valence-electron chi connectivity index (χ4n) is 4.53. The molecule has 0 aliphatic carbocycles. The van der Waals surface area contributed by atoms with E-state index in [1.54, 1.807) is 4.90 Å². The van der Waals surface area contributed by atoms with Crippen LogP contribution in [0.5, 0.6) is 11.5 Å². The lowest BCUT2D eigenvalue weighted by atomic mass is 10.1. The quantitative estimate of drug-likeness (QED) is 0.797. The molecule has 0 saturated carbocycles. The van der Waals surface area contributed by atoms with Gasteiger partial charge in [0.2, 0.25) is 11.8 Å². The number of nitrogens with zero attached hydrogens (tertiary/aromatic N) is 3. The number of hydrogen-bond acceptors (Lipinski definition) is 5. The summed E-state index contributed by atoms with van der Waals surface area (Å²) in [7, 11) is 0. The zero-order chi connectivity index (χ0) is 18.4. The third kappa shape index (κ3) is 3.04. The number of carbonyl (C=O) groups is 2. The number of benzene rings is 1. The number of anilines is 1. The van der Waals surface area contributed by atoms with E-state index in [1.165, 1.54) is 6.42 Å². The first-order chi connectivity index (χ1) is 13.2. The highest BCUT2D eigenvalue weighted by Gasteiger charge is 2.40. The smallest absolute Gasteiger partial charge is 0.228 e. The highest BCUT2D eigenvalue weighted by Crippen LogP contribution is 2.36. The Labute approximate surface area is 158 Å². The summed E-state index contributed by atoms with van der Waals surface area (Å²) >= 11 is 0. The van der Waals surface area contributed by atoms with Crippen LogP contribution in [0.4, 0.5) is 5.69 Å². The highest BCUT2D eigenvalue weighted by atomic mass is 16.6. The number of hydrogen-bond donors (Lipinski definition) is 0. The van der Waals surface area contributed by atoms with Crippen LogP contribution in [0.3, 0.4) is 0 Å². The maximum absolute atomic E-state index is 13.0. The zero-order valence-electron chi connectivity index (χ0n) is 15.4. The Morgan fingerprint density at radius 2 is 1.85 bits per heavy atom. The molecule has 4 aliphatic rings. The third-order valence-electron chi connectivity index (χ3n) is 6.19. The first kappa shape index (κ1) is 16.9. The van der Waals surface area contributed by atoms with Gasteiger partial charge < -0.3 is 19.3 Å². The summed E-state index contributed by atoms with van der Waals surface area (Å²) in [5, 5.41) is 0. The Balaban J connectivity index is 1.25. The number of amides is 2. The Morgan fingerprint density at radius 3 is 2.63 bits per heavy atom. The number of fused-ring (bicyclic) bond motifs is 1. The van der Waals surface area contributed by atoms with Crippen molar-refractivity contribution in [3.05, 3.63) is 18.2 Å². The van der Waals surface area contributed by atoms with Gasteiger partial charge in [-0.1, -0.05) is 0 Å². The lowest BCUT2D eigenvalue weighted by Crippen LogP contribution is -2.47. The van der Waals surface area contributed by atoms with Crippen molar-refractivity contribution < 1.29 is 19.1 Å². The van der Waals surface area contributed by atoms with Crippen molar-refractivity contribution in [2.24, 2.45) is 5.92 Å². The van der Waals surface area contributed by atoms with Crippen LogP contribution in [0.2, 0.25) is 0 Å². The summed E-state index contributed by atoms with van der Waals surface area (Å²) in [6.45, 7) is 5.45. The van der Waals surface area contributed by atoms with Crippen LogP contribution in [0.25, 0.3) is 0 Å². The average molecular weight is 371 g/mol. The minimum atomic E-state index is -0.249. The monoisotopic (exact) mass is 371 g/mol. The Kier molecular flexibility index (Phi) is 4.19. The molecule has 0 aromatic heterocycles. The van der Waals surface area contributed by atoms with Crippen LogP contribution in [0.1, 0.15) is 19.3 Å². The largest absolute Gasteiger partial charge is 0.486 e. The number of carbonyl (C=O) groups excluding carboxylic acids is 2. The molecule has 0 radical (unpaired) electrons. The molecule has 27 heavy (non-hydrogen) atoms. The van der Waals surface area contributed by atoms with Crippen LogP contribution < -0.4 is 14.4 Å². The van der Waals surface area contributed by atoms with Crippen molar-refractivity contribution in [3.8, 4) is 11.5 Å². The van der Waals surface area contributed by atoms with E-state index in [0.29, 0.717) is 37.3 Å². The van der Waals surface area contributed by atoms with E-state index in [-0.39, 0.29) is 24.2 Å². The molecule has 0 N–H and O–H groups in total. The maximum atomic E-state index is 13.0. The van der Waals surface area contributed by atoms with Gasteiger partial charge in [0.15, 0.2) is 11.5 Å². The molecule has 2 unspecified atom stereocenters. The predicted octanol–water partition coefficient (Wildman–Crippen LogP) is 1.12. The normalized spacial score (nSPS) is 27.8. The van der Waals surface area contributed by atoms with Gasteiger partial charge in [0, 0.05) is 43.9 Å². The topological polar surface area (TPSA) is 62.3 Å². The van der Waals surface area contributed by atoms with Gasteiger partial charge in [0.05, 0.1) is 5.92 Å². The average Bonchev–Trinajstić information content (AvgIpc) is 3.26. The van der Waals surface area contributed by atoms with Crippen LogP contribution >= 0.6 is 0 Å². The molecular weight excluding hydrogens is 346 g/mol. The van der Waals surface area contributed by atoms with E-state index in [1.807, 2.05) is 23.1 Å². The van der Waals surface area contributed by atoms with E-state index in [2.05, 4.69) is 4.90 Å². The molecule has 2 atom stereocenters. The molecule has 4 aliphatic heterocycles. The van der Waals surface area contributed by atoms with E-state index in [0.717, 1.165) is 38.3 Å². The Hall–Kier alpha value is -2.28. The summed E-state index contributed by atoms with van der Waals surface area (Å²) in [5.74, 6) is 1.26. The summed E-state index contributed by atoms with van der Waals surface area (Å²) < 4.78 is 11.2. The van der Waals surface area contributed by atoms with E-state index in [9.17, 15) is 9.59 Å². The fourth-order valence-corrected chi connectivity index (χ4v) is 4.53. The molecule has 7 heteroatoms. The van der Waals surface area contributed by atoms with Gasteiger partial charge in [-0.25, -0.2) is 0 Å². The molecule has 2 amide bonds. The third-order valence-corrected chi connectivity index (χ3v) is 6.19. The molecule has 4 heterocycles. The summed E-state index contributed by atoms with van der Waals surface area (Å²) in [4.78, 5) is 31.7.